The van der Waals surface area contributed by atoms with Crippen LogP contribution in [0.4, 0.5) is 5.69 Å². The zero-order chi connectivity index (χ0) is 16.4. The second-order valence-electron chi connectivity index (χ2n) is 6.27. The second kappa shape index (κ2) is 6.50. The van der Waals surface area contributed by atoms with Crippen molar-refractivity contribution in [2.45, 2.75) is 33.1 Å². The van der Waals surface area contributed by atoms with Gasteiger partial charge in [-0.3, -0.25) is 4.79 Å². The monoisotopic (exact) mass is 313 g/mol. The van der Waals surface area contributed by atoms with E-state index in [-0.39, 0.29) is 11.8 Å². The fourth-order valence-corrected chi connectivity index (χ4v) is 3.35. The maximum Gasteiger partial charge on any atom is 0.227 e. The molecular weight excluding hydrogens is 290 g/mol. The van der Waals surface area contributed by atoms with Crippen molar-refractivity contribution >= 4 is 11.6 Å². The minimum atomic E-state index is 0.0238. The lowest BCUT2D eigenvalue weighted by Gasteiger charge is -2.17. The summed E-state index contributed by atoms with van der Waals surface area (Å²) in [6.45, 7) is 4.52. The van der Waals surface area contributed by atoms with Gasteiger partial charge in [-0.2, -0.15) is 5.10 Å². The zero-order valence-electron chi connectivity index (χ0n) is 13.6. The maximum atomic E-state index is 12.4. The van der Waals surface area contributed by atoms with Crippen molar-refractivity contribution in [3.63, 3.8) is 0 Å². The molecule has 1 fully saturated rings. The minimum absolute atomic E-state index is 0.0238. The normalized spacial score (nSPS) is 20.7. The van der Waals surface area contributed by atoms with E-state index < -0.39 is 0 Å². The van der Waals surface area contributed by atoms with Crippen LogP contribution in [0.3, 0.4) is 0 Å². The molecule has 2 heterocycles. The molecule has 0 unspecified atom stereocenters. The summed E-state index contributed by atoms with van der Waals surface area (Å²) in [7, 11) is 0. The highest BCUT2D eigenvalue weighted by Gasteiger charge is 2.31. The predicted octanol–water partition coefficient (Wildman–Crippen LogP) is 2.20. The largest absolute Gasteiger partial charge is 0.330 e. The Morgan fingerprint density at radius 1 is 1.39 bits per heavy atom. The van der Waals surface area contributed by atoms with Crippen molar-refractivity contribution in [1.29, 1.82) is 0 Å². The zero-order valence-corrected chi connectivity index (χ0v) is 13.6. The summed E-state index contributed by atoms with van der Waals surface area (Å²) in [5.74, 6) is 1.13. The molecule has 2 atom stereocenters. The van der Waals surface area contributed by atoms with Crippen molar-refractivity contribution < 1.29 is 4.79 Å². The SMILES string of the molecule is Cc1cc(C)n(-c2ccc(NC(=O)[C@@H]3CCC[C@@H]3CN)cn2)n1. The van der Waals surface area contributed by atoms with Gasteiger partial charge in [-0.15, -0.1) is 0 Å². The van der Waals surface area contributed by atoms with E-state index >= 15 is 0 Å². The molecule has 1 aliphatic rings. The quantitative estimate of drug-likeness (QED) is 0.906. The number of carbonyl (C=O) groups excluding carboxylic acids is 1. The van der Waals surface area contributed by atoms with Gasteiger partial charge in [-0.1, -0.05) is 6.42 Å². The van der Waals surface area contributed by atoms with Gasteiger partial charge in [-0.05, 0) is 57.4 Å². The molecule has 0 radical (unpaired) electrons. The molecule has 6 heteroatoms. The Labute approximate surface area is 136 Å². The van der Waals surface area contributed by atoms with E-state index in [1.165, 1.54) is 0 Å². The van der Waals surface area contributed by atoms with E-state index in [4.69, 9.17) is 5.73 Å². The Bertz CT molecular complexity index is 692. The summed E-state index contributed by atoms with van der Waals surface area (Å²) in [5, 5.41) is 7.37. The van der Waals surface area contributed by atoms with Crippen LogP contribution in [0.1, 0.15) is 30.7 Å². The van der Waals surface area contributed by atoms with Crippen molar-refractivity contribution in [2.24, 2.45) is 17.6 Å². The van der Waals surface area contributed by atoms with Gasteiger partial charge in [-0.25, -0.2) is 9.67 Å². The Morgan fingerprint density at radius 2 is 2.22 bits per heavy atom. The van der Waals surface area contributed by atoms with E-state index in [0.717, 1.165) is 36.5 Å². The average Bonchev–Trinajstić information content (AvgIpc) is 3.14. The van der Waals surface area contributed by atoms with Gasteiger partial charge in [0.05, 0.1) is 17.6 Å². The lowest BCUT2D eigenvalue weighted by atomic mass is 9.95. The van der Waals surface area contributed by atoms with Crippen molar-refractivity contribution in [3.8, 4) is 5.82 Å². The molecule has 6 nitrogen and oxygen atoms in total. The number of pyridine rings is 1. The van der Waals surface area contributed by atoms with Crippen molar-refractivity contribution in [3.05, 3.63) is 35.8 Å². The lowest BCUT2D eigenvalue weighted by molar-refractivity contribution is -0.120. The Morgan fingerprint density at radius 3 is 2.83 bits per heavy atom. The van der Waals surface area contributed by atoms with Crippen LogP contribution < -0.4 is 11.1 Å². The van der Waals surface area contributed by atoms with E-state index in [0.29, 0.717) is 18.2 Å². The second-order valence-corrected chi connectivity index (χ2v) is 6.27. The standard InChI is InChI=1S/C17H23N5O/c1-11-8-12(2)22(21-11)16-7-6-14(10-19-16)20-17(23)15-5-3-4-13(15)9-18/h6-8,10,13,15H,3-5,9,18H2,1-2H3,(H,20,23)/t13-,15-/m1/s1. The maximum absolute atomic E-state index is 12.4. The number of aromatic nitrogens is 3. The van der Waals surface area contributed by atoms with Gasteiger partial charge in [0.25, 0.3) is 0 Å². The number of nitrogens with two attached hydrogens (primary N) is 1. The van der Waals surface area contributed by atoms with Crippen LogP contribution in [-0.4, -0.2) is 27.2 Å². The Balaban J connectivity index is 1.70. The number of aryl methyl sites for hydroxylation is 2. The molecule has 1 aliphatic carbocycles. The number of nitrogens with zero attached hydrogens (tertiary/aromatic N) is 3. The third kappa shape index (κ3) is 3.27. The summed E-state index contributed by atoms with van der Waals surface area (Å²) in [6, 6.07) is 5.73. The minimum Gasteiger partial charge on any atom is -0.330 e. The van der Waals surface area contributed by atoms with Crippen molar-refractivity contribution in [1.82, 2.24) is 14.8 Å². The smallest absolute Gasteiger partial charge is 0.227 e. The summed E-state index contributed by atoms with van der Waals surface area (Å²) >= 11 is 0. The summed E-state index contributed by atoms with van der Waals surface area (Å²) < 4.78 is 1.79. The fraction of sp³-hybridized carbons (Fsp3) is 0.471. The molecule has 1 saturated carbocycles. The number of rotatable bonds is 4. The molecule has 0 bridgehead atoms. The molecule has 3 N–H and O–H groups in total. The van der Waals surface area contributed by atoms with Gasteiger partial charge in [0.2, 0.25) is 5.91 Å². The van der Waals surface area contributed by atoms with Crippen LogP contribution in [0.25, 0.3) is 5.82 Å². The highest BCUT2D eigenvalue weighted by molar-refractivity contribution is 5.92. The molecule has 3 rings (SSSR count). The van der Waals surface area contributed by atoms with Gasteiger partial charge < -0.3 is 11.1 Å². The molecule has 0 aliphatic heterocycles. The number of anilines is 1. The summed E-state index contributed by atoms with van der Waals surface area (Å²) in [4.78, 5) is 16.8. The first kappa shape index (κ1) is 15.7. The molecular formula is C17H23N5O. The molecule has 2 aromatic heterocycles. The number of carbonyl (C=O) groups is 1. The highest BCUT2D eigenvalue weighted by Crippen LogP contribution is 2.31. The third-order valence-electron chi connectivity index (χ3n) is 4.54. The fourth-order valence-electron chi connectivity index (χ4n) is 3.35. The van der Waals surface area contributed by atoms with Crippen molar-refractivity contribution in [2.75, 3.05) is 11.9 Å². The number of hydrogen-bond acceptors (Lipinski definition) is 4. The first-order chi connectivity index (χ1) is 11.1. The first-order valence-electron chi connectivity index (χ1n) is 8.09. The van der Waals surface area contributed by atoms with Crippen LogP contribution in [0.5, 0.6) is 0 Å². The average molecular weight is 313 g/mol. The topological polar surface area (TPSA) is 85.8 Å². The number of amides is 1. The number of hydrogen-bond donors (Lipinski definition) is 2. The molecule has 0 saturated heterocycles. The van der Waals surface area contributed by atoms with Gasteiger partial charge in [0.1, 0.15) is 0 Å². The van der Waals surface area contributed by atoms with E-state index in [1.54, 1.807) is 10.9 Å². The molecule has 0 aromatic carbocycles. The van der Waals surface area contributed by atoms with Crippen LogP contribution in [0.15, 0.2) is 24.4 Å². The molecule has 2 aromatic rings. The lowest BCUT2D eigenvalue weighted by Crippen LogP contribution is -2.29. The molecule has 122 valence electrons. The first-order valence-corrected chi connectivity index (χ1v) is 8.09. The van der Waals surface area contributed by atoms with Crippen LogP contribution in [-0.2, 0) is 4.79 Å². The van der Waals surface area contributed by atoms with E-state index in [2.05, 4.69) is 15.4 Å². The number of nitrogens with one attached hydrogen (secondary N) is 1. The van der Waals surface area contributed by atoms with Crippen LogP contribution >= 0.6 is 0 Å². The Hall–Kier alpha value is -2.21. The third-order valence-corrected chi connectivity index (χ3v) is 4.54. The van der Waals surface area contributed by atoms with E-state index in [9.17, 15) is 4.79 Å². The highest BCUT2D eigenvalue weighted by atomic mass is 16.1. The van der Waals surface area contributed by atoms with Crippen LogP contribution in [0, 0.1) is 25.7 Å². The predicted molar refractivity (Wildman–Crippen MR) is 89.3 cm³/mol. The van der Waals surface area contributed by atoms with Gasteiger partial charge >= 0.3 is 0 Å². The molecule has 0 spiro atoms. The molecule has 23 heavy (non-hydrogen) atoms. The van der Waals surface area contributed by atoms with E-state index in [1.807, 2.05) is 32.0 Å². The Kier molecular flexibility index (Phi) is 4.43. The van der Waals surface area contributed by atoms with Crippen LogP contribution in [0.2, 0.25) is 0 Å². The summed E-state index contributed by atoms with van der Waals surface area (Å²) in [5.41, 5.74) is 8.45. The van der Waals surface area contributed by atoms with Gasteiger partial charge in [0, 0.05) is 11.6 Å². The molecule has 1 amide bonds. The van der Waals surface area contributed by atoms with Gasteiger partial charge in [0.15, 0.2) is 5.82 Å². The summed E-state index contributed by atoms with van der Waals surface area (Å²) in [6.07, 6.45) is 4.72.